The highest BCUT2D eigenvalue weighted by atomic mass is 16.5. The van der Waals surface area contributed by atoms with E-state index in [1.54, 1.807) is 0 Å². The van der Waals surface area contributed by atoms with E-state index < -0.39 is 17.5 Å². The van der Waals surface area contributed by atoms with E-state index in [-0.39, 0.29) is 12.5 Å². The zero-order valence-corrected chi connectivity index (χ0v) is 9.85. The lowest BCUT2D eigenvalue weighted by Gasteiger charge is -2.38. The first-order valence-corrected chi connectivity index (χ1v) is 6.02. The molecule has 6 nitrogen and oxygen atoms in total. The minimum absolute atomic E-state index is 0.151. The summed E-state index contributed by atoms with van der Waals surface area (Å²) in [5.41, 5.74) is 10.6. The van der Waals surface area contributed by atoms with Crippen molar-refractivity contribution in [1.82, 2.24) is 4.90 Å². The third-order valence-electron chi connectivity index (χ3n) is 3.64. The van der Waals surface area contributed by atoms with Gasteiger partial charge in [-0.05, 0) is 12.8 Å². The summed E-state index contributed by atoms with van der Waals surface area (Å²) in [5, 5.41) is 0. The molecule has 0 spiro atoms. The normalized spacial score (nSPS) is 28.1. The van der Waals surface area contributed by atoms with Gasteiger partial charge in [-0.1, -0.05) is 12.8 Å². The smallest absolute Gasteiger partial charge is 0.243 e. The van der Waals surface area contributed by atoms with Gasteiger partial charge in [0.05, 0.1) is 18.8 Å². The number of morpholine rings is 1. The number of carbonyl (C=O) groups is 2. The van der Waals surface area contributed by atoms with Gasteiger partial charge < -0.3 is 21.1 Å². The van der Waals surface area contributed by atoms with Crippen LogP contribution in [0.4, 0.5) is 0 Å². The number of primary amides is 1. The van der Waals surface area contributed by atoms with Crippen molar-refractivity contribution in [3.63, 3.8) is 0 Å². The molecule has 2 fully saturated rings. The fraction of sp³-hybridized carbons (Fsp3) is 0.818. The highest BCUT2D eigenvalue weighted by molar-refractivity contribution is 5.92. The van der Waals surface area contributed by atoms with E-state index in [4.69, 9.17) is 16.2 Å². The molecule has 1 saturated carbocycles. The molecule has 1 saturated heterocycles. The molecule has 2 amide bonds. The third-order valence-corrected chi connectivity index (χ3v) is 3.64. The van der Waals surface area contributed by atoms with Crippen LogP contribution in [0.2, 0.25) is 0 Å². The van der Waals surface area contributed by atoms with Gasteiger partial charge in [-0.2, -0.15) is 0 Å². The number of nitrogens with zero attached hydrogens (tertiary/aromatic N) is 1. The van der Waals surface area contributed by atoms with Crippen LogP contribution in [-0.2, 0) is 14.3 Å². The molecule has 1 heterocycles. The highest BCUT2D eigenvalue weighted by Gasteiger charge is 2.43. The van der Waals surface area contributed by atoms with Crippen LogP contribution in [0.3, 0.4) is 0 Å². The molecule has 2 rings (SSSR count). The molecule has 0 radical (unpaired) electrons. The van der Waals surface area contributed by atoms with E-state index in [9.17, 15) is 9.59 Å². The Kier molecular flexibility index (Phi) is 3.35. The van der Waals surface area contributed by atoms with Gasteiger partial charge in [0.15, 0.2) is 0 Å². The quantitative estimate of drug-likeness (QED) is 0.645. The van der Waals surface area contributed by atoms with Gasteiger partial charge in [0.1, 0.15) is 6.04 Å². The zero-order chi connectivity index (χ0) is 12.5. The van der Waals surface area contributed by atoms with Crippen LogP contribution < -0.4 is 11.5 Å². The van der Waals surface area contributed by atoms with Gasteiger partial charge in [-0.15, -0.1) is 0 Å². The SMILES string of the molecule is NC(=O)C1COCCN1C(=O)C1(N)CCCC1. The molecule has 4 N–H and O–H groups in total. The molecule has 6 heteroatoms. The summed E-state index contributed by atoms with van der Waals surface area (Å²) in [6.07, 6.45) is 3.31. The second-order valence-corrected chi connectivity index (χ2v) is 4.85. The van der Waals surface area contributed by atoms with Crippen molar-refractivity contribution in [2.45, 2.75) is 37.3 Å². The van der Waals surface area contributed by atoms with Gasteiger partial charge in [-0.3, -0.25) is 9.59 Å². The predicted molar refractivity (Wildman–Crippen MR) is 60.9 cm³/mol. The highest BCUT2D eigenvalue weighted by Crippen LogP contribution is 2.30. The maximum Gasteiger partial charge on any atom is 0.243 e. The number of carbonyl (C=O) groups excluding carboxylic acids is 2. The standard InChI is InChI=1S/C11H19N3O3/c12-9(15)8-7-17-6-5-14(8)10(16)11(13)3-1-2-4-11/h8H,1-7,13H2,(H2,12,15). The Morgan fingerprint density at radius 1 is 1.29 bits per heavy atom. The maximum absolute atomic E-state index is 12.4. The summed E-state index contributed by atoms with van der Waals surface area (Å²) in [4.78, 5) is 25.2. The number of ether oxygens (including phenoxy) is 1. The Labute approximate surface area is 100 Å². The first-order valence-electron chi connectivity index (χ1n) is 6.02. The van der Waals surface area contributed by atoms with E-state index >= 15 is 0 Å². The minimum Gasteiger partial charge on any atom is -0.377 e. The van der Waals surface area contributed by atoms with Crippen molar-refractivity contribution in [1.29, 1.82) is 0 Å². The van der Waals surface area contributed by atoms with E-state index in [1.807, 2.05) is 0 Å². The topological polar surface area (TPSA) is 98.7 Å². The predicted octanol–water partition coefficient (Wildman–Crippen LogP) is -1.03. The van der Waals surface area contributed by atoms with E-state index in [1.165, 1.54) is 4.90 Å². The van der Waals surface area contributed by atoms with Gasteiger partial charge >= 0.3 is 0 Å². The average molecular weight is 241 g/mol. The summed E-state index contributed by atoms with van der Waals surface area (Å²) >= 11 is 0. The van der Waals surface area contributed by atoms with Crippen LogP contribution in [-0.4, -0.2) is 48.1 Å². The molecule has 17 heavy (non-hydrogen) atoms. The van der Waals surface area contributed by atoms with Crippen molar-refractivity contribution in [2.24, 2.45) is 11.5 Å². The van der Waals surface area contributed by atoms with Crippen LogP contribution >= 0.6 is 0 Å². The number of hydrogen-bond acceptors (Lipinski definition) is 4. The average Bonchev–Trinajstić information content (AvgIpc) is 2.76. The fourth-order valence-corrected chi connectivity index (χ4v) is 2.59. The molecule has 1 aliphatic heterocycles. The van der Waals surface area contributed by atoms with Crippen LogP contribution in [0.1, 0.15) is 25.7 Å². The number of rotatable bonds is 2. The Morgan fingerprint density at radius 2 is 1.94 bits per heavy atom. The van der Waals surface area contributed by atoms with Gasteiger partial charge in [-0.25, -0.2) is 0 Å². The Balaban J connectivity index is 2.13. The Bertz CT molecular complexity index is 326. The van der Waals surface area contributed by atoms with Crippen LogP contribution in [0, 0.1) is 0 Å². The summed E-state index contributed by atoms with van der Waals surface area (Å²) in [6.45, 7) is 1.01. The summed E-state index contributed by atoms with van der Waals surface area (Å²) in [5.74, 6) is -0.679. The van der Waals surface area contributed by atoms with Crippen LogP contribution in [0.25, 0.3) is 0 Å². The molecular weight excluding hydrogens is 222 g/mol. The van der Waals surface area contributed by atoms with Crippen molar-refractivity contribution < 1.29 is 14.3 Å². The molecule has 96 valence electrons. The first kappa shape index (κ1) is 12.3. The van der Waals surface area contributed by atoms with Crippen molar-refractivity contribution in [3.05, 3.63) is 0 Å². The summed E-state index contributed by atoms with van der Waals surface area (Å²) < 4.78 is 5.18. The van der Waals surface area contributed by atoms with E-state index in [0.29, 0.717) is 26.0 Å². The molecule has 1 atom stereocenters. The monoisotopic (exact) mass is 241 g/mol. The second kappa shape index (κ2) is 4.62. The van der Waals surface area contributed by atoms with Gasteiger partial charge in [0.25, 0.3) is 0 Å². The number of nitrogens with two attached hydrogens (primary N) is 2. The molecule has 2 aliphatic rings. The minimum atomic E-state index is -0.801. The molecule has 1 aliphatic carbocycles. The lowest BCUT2D eigenvalue weighted by Crippen LogP contribution is -2.62. The van der Waals surface area contributed by atoms with E-state index in [0.717, 1.165) is 12.8 Å². The van der Waals surface area contributed by atoms with Crippen molar-refractivity contribution in [2.75, 3.05) is 19.8 Å². The molecular formula is C11H19N3O3. The Hall–Kier alpha value is -1.14. The number of amides is 2. The van der Waals surface area contributed by atoms with Gasteiger partial charge in [0, 0.05) is 6.54 Å². The molecule has 0 bridgehead atoms. The largest absolute Gasteiger partial charge is 0.377 e. The summed E-state index contributed by atoms with van der Waals surface area (Å²) in [6, 6.07) is -0.669. The summed E-state index contributed by atoms with van der Waals surface area (Å²) in [7, 11) is 0. The molecule has 0 aromatic heterocycles. The van der Waals surface area contributed by atoms with Crippen molar-refractivity contribution in [3.8, 4) is 0 Å². The molecule has 1 unspecified atom stereocenters. The zero-order valence-electron chi connectivity index (χ0n) is 9.85. The maximum atomic E-state index is 12.4. The molecule has 0 aromatic carbocycles. The fourth-order valence-electron chi connectivity index (χ4n) is 2.59. The third kappa shape index (κ3) is 2.28. The lowest BCUT2D eigenvalue weighted by molar-refractivity contribution is -0.151. The second-order valence-electron chi connectivity index (χ2n) is 4.85. The van der Waals surface area contributed by atoms with Crippen LogP contribution in [0.5, 0.6) is 0 Å². The van der Waals surface area contributed by atoms with Crippen molar-refractivity contribution >= 4 is 11.8 Å². The van der Waals surface area contributed by atoms with Crippen LogP contribution in [0.15, 0.2) is 0 Å². The number of hydrogen-bond donors (Lipinski definition) is 2. The lowest BCUT2D eigenvalue weighted by atomic mass is 9.96. The first-order chi connectivity index (χ1) is 8.04. The van der Waals surface area contributed by atoms with E-state index in [2.05, 4.69) is 0 Å². The van der Waals surface area contributed by atoms with Gasteiger partial charge in [0.2, 0.25) is 11.8 Å². The Morgan fingerprint density at radius 3 is 2.53 bits per heavy atom. The molecule has 0 aromatic rings.